The number of aromatic nitrogens is 1. The number of carbonyl (C=O) groups is 1. The van der Waals surface area contributed by atoms with E-state index in [9.17, 15) is 9.59 Å². The van der Waals surface area contributed by atoms with Crippen LogP contribution in [-0.2, 0) is 22.5 Å². The molecule has 0 spiro atoms. The van der Waals surface area contributed by atoms with Crippen LogP contribution in [0, 0.1) is 0 Å². The van der Waals surface area contributed by atoms with Crippen LogP contribution in [-0.4, -0.2) is 23.8 Å². The molecule has 0 amide bonds. The summed E-state index contributed by atoms with van der Waals surface area (Å²) in [6.45, 7) is 2.19. The maximum Gasteiger partial charge on any atom is 0.309 e. The van der Waals surface area contributed by atoms with Crippen LogP contribution >= 0.6 is 11.6 Å². The third-order valence-electron chi connectivity index (χ3n) is 2.31. The molecule has 0 bridgehead atoms. The molecule has 0 saturated carbocycles. The highest BCUT2D eigenvalue weighted by molar-refractivity contribution is 6.16. The van der Waals surface area contributed by atoms with Crippen molar-refractivity contribution < 1.29 is 14.3 Å². The third kappa shape index (κ3) is 4.07. The fourth-order valence-corrected chi connectivity index (χ4v) is 1.63. The zero-order chi connectivity index (χ0) is 13.5. The van der Waals surface area contributed by atoms with E-state index in [0.717, 1.165) is 0 Å². The molecule has 0 aromatic carbocycles. The Kier molecular flexibility index (Phi) is 5.71. The first-order valence-electron chi connectivity index (χ1n) is 5.62. The van der Waals surface area contributed by atoms with Gasteiger partial charge in [0.15, 0.2) is 5.75 Å². The Bertz CT molecular complexity index is 470. The van der Waals surface area contributed by atoms with Gasteiger partial charge in [0.2, 0.25) is 5.43 Å². The molecule has 1 aromatic rings. The quantitative estimate of drug-likeness (QED) is 0.582. The molecule has 0 aliphatic carbocycles. The second-order valence-corrected chi connectivity index (χ2v) is 3.91. The smallest absolute Gasteiger partial charge is 0.309 e. The Morgan fingerprint density at radius 1 is 1.50 bits per heavy atom. The van der Waals surface area contributed by atoms with Crippen molar-refractivity contribution in [3.63, 3.8) is 0 Å². The van der Waals surface area contributed by atoms with Gasteiger partial charge in [0.05, 0.1) is 31.7 Å². The van der Waals surface area contributed by atoms with Crippen LogP contribution in [0.2, 0.25) is 0 Å². The SMILES string of the molecule is CCOC(=O)CCOc1cn(C)c(CCl)cc1=O. The summed E-state index contributed by atoms with van der Waals surface area (Å²) in [4.78, 5) is 22.7. The van der Waals surface area contributed by atoms with E-state index in [1.165, 1.54) is 6.07 Å². The number of carbonyl (C=O) groups excluding carboxylic acids is 1. The normalized spacial score (nSPS) is 10.2. The van der Waals surface area contributed by atoms with Crippen molar-refractivity contribution in [1.82, 2.24) is 4.57 Å². The van der Waals surface area contributed by atoms with E-state index in [4.69, 9.17) is 21.1 Å². The molecule has 0 atom stereocenters. The van der Waals surface area contributed by atoms with Gasteiger partial charge in [-0.25, -0.2) is 0 Å². The molecular formula is C12H16ClNO4. The van der Waals surface area contributed by atoms with Crippen LogP contribution in [0.3, 0.4) is 0 Å². The fourth-order valence-electron chi connectivity index (χ4n) is 1.37. The van der Waals surface area contributed by atoms with Gasteiger partial charge in [-0.2, -0.15) is 0 Å². The van der Waals surface area contributed by atoms with Crippen molar-refractivity contribution in [2.45, 2.75) is 19.2 Å². The third-order valence-corrected chi connectivity index (χ3v) is 2.58. The van der Waals surface area contributed by atoms with Crippen molar-refractivity contribution in [2.24, 2.45) is 7.05 Å². The monoisotopic (exact) mass is 273 g/mol. The Balaban J connectivity index is 2.60. The Morgan fingerprint density at radius 3 is 2.83 bits per heavy atom. The molecule has 18 heavy (non-hydrogen) atoms. The van der Waals surface area contributed by atoms with Crippen molar-refractivity contribution in [3.8, 4) is 5.75 Å². The molecule has 1 rings (SSSR count). The van der Waals surface area contributed by atoms with E-state index in [0.29, 0.717) is 12.3 Å². The predicted octanol–water partition coefficient (Wildman–Crippen LogP) is 1.46. The van der Waals surface area contributed by atoms with Gasteiger partial charge in [0, 0.05) is 18.8 Å². The zero-order valence-corrected chi connectivity index (χ0v) is 11.2. The van der Waals surface area contributed by atoms with E-state index in [1.54, 1.807) is 24.7 Å². The van der Waals surface area contributed by atoms with Crippen LogP contribution < -0.4 is 10.2 Å². The van der Waals surface area contributed by atoms with E-state index in [1.807, 2.05) is 0 Å². The lowest BCUT2D eigenvalue weighted by Gasteiger charge is -2.09. The largest absolute Gasteiger partial charge is 0.487 e. The second-order valence-electron chi connectivity index (χ2n) is 3.64. The molecule has 0 radical (unpaired) electrons. The number of hydrogen-bond acceptors (Lipinski definition) is 4. The van der Waals surface area contributed by atoms with Crippen molar-refractivity contribution in [2.75, 3.05) is 13.2 Å². The van der Waals surface area contributed by atoms with Crippen molar-refractivity contribution in [3.05, 3.63) is 28.2 Å². The molecule has 0 fully saturated rings. The minimum absolute atomic E-state index is 0.119. The molecule has 0 saturated heterocycles. The number of alkyl halides is 1. The summed E-state index contributed by atoms with van der Waals surface area (Å²) in [6, 6.07) is 1.42. The fraction of sp³-hybridized carbons (Fsp3) is 0.500. The van der Waals surface area contributed by atoms with Crippen LogP contribution in [0.5, 0.6) is 5.75 Å². The first-order valence-corrected chi connectivity index (χ1v) is 6.15. The number of esters is 1. The molecule has 6 heteroatoms. The van der Waals surface area contributed by atoms with Crippen LogP contribution in [0.1, 0.15) is 19.0 Å². The highest BCUT2D eigenvalue weighted by Crippen LogP contribution is 2.07. The summed E-state index contributed by atoms with van der Waals surface area (Å²) in [5.74, 6) is 0.122. The van der Waals surface area contributed by atoms with Crippen LogP contribution in [0.4, 0.5) is 0 Å². The maximum absolute atomic E-state index is 11.6. The van der Waals surface area contributed by atoms with Crippen molar-refractivity contribution in [1.29, 1.82) is 0 Å². The minimum Gasteiger partial charge on any atom is -0.487 e. The number of aryl methyl sites for hydroxylation is 1. The number of ether oxygens (including phenoxy) is 2. The lowest BCUT2D eigenvalue weighted by molar-refractivity contribution is -0.143. The molecule has 0 unspecified atom stereocenters. The second kappa shape index (κ2) is 7.06. The van der Waals surface area contributed by atoms with E-state index in [2.05, 4.69) is 0 Å². The topological polar surface area (TPSA) is 57.5 Å². The molecule has 0 N–H and O–H groups in total. The van der Waals surface area contributed by atoms with Gasteiger partial charge in [-0.3, -0.25) is 9.59 Å². The number of halogens is 1. The summed E-state index contributed by atoms with van der Waals surface area (Å²) in [5, 5.41) is 0. The van der Waals surface area contributed by atoms with E-state index in [-0.39, 0.29) is 36.1 Å². The highest BCUT2D eigenvalue weighted by Gasteiger charge is 2.07. The van der Waals surface area contributed by atoms with Crippen LogP contribution in [0.15, 0.2) is 17.1 Å². The highest BCUT2D eigenvalue weighted by atomic mass is 35.5. The summed E-state index contributed by atoms with van der Waals surface area (Å²) in [7, 11) is 1.77. The zero-order valence-electron chi connectivity index (χ0n) is 10.4. The summed E-state index contributed by atoms with van der Waals surface area (Å²) in [6.07, 6.45) is 1.68. The summed E-state index contributed by atoms with van der Waals surface area (Å²) < 4.78 is 11.7. The Hall–Kier alpha value is -1.49. The minimum atomic E-state index is -0.341. The number of hydrogen-bond donors (Lipinski definition) is 0. The molecule has 100 valence electrons. The van der Waals surface area contributed by atoms with Gasteiger partial charge in [-0.1, -0.05) is 0 Å². The Morgan fingerprint density at radius 2 is 2.22 bits per heavy atom. The van der Waals surface area contributed by atoms with Gasteiger partial charge >= 0.3 is 5.97 Å². The molecular weight excluding hydrogens is 258 g/mol. The van der Waals surface area contributed by atoms with Gasteiger partial charge in [0.1, 0.15) is 0 Å². The van der Waals surface area contributed by atoms with Gasteiger partial charge in [0.25, 0.3) is 0 Å². The average Bonchev–Trinajstić information content (AvgIpc) is 2.33. The molecule has 0 aliphatic heterocycles. The number of rotatable bonds is 6. The lowest BCUT2D eigenvalue weighted by atomic mass is 10.3. The molecule has 5 nitrogen and oxygen atoms in total. The average molecular weight is 274 g/mol. The number of nitrogens with zero attached hydrogens (tertiary/aromatic N) is 1. The summed E-state index contributed by atoms with van der Waals surface area (Å²) in [5.41, 5.74) is 0.465. The van der Waals surface area contributed by atoms with Crippen LogP contribution in [0.25, 0.3) is 0 Å². The predicted molar refractivity (Wildman–Crippen MR) is 68.0 cm³/mol. The first-order chi connectivity index (χ1) is 8.58. The maximum atomic E-state index is 11.6. The molecule has 1 heterocycles. The van der Waals surface area contributed by atoms with Gasteiger partial charge in [-0.05, 0) is 6.92 Å². The number of pyridine rings is 1. The van der Waals surface area contributed by atoms with Crippen molar-refractivity contribution >= 4 is 17.6 Å². The van der Waals surface area contributed by atoms with Gasteiger partial charge < -0.3 is 14.0 Å². The molecule has 0 aliphatic rings. The standard InChI is InChI=1S/C12H16ClNO4/c1-3-17-12(16)4-5-18-11-8-14(2)9(7-13)6-10(11)15/h6,8H,3-5,7H2,1-2H3. The molecule has 1 aromatic heterocycles. The lowest BCUT2D eigenvalue weighted by Crippen LogP contribution is -2.16. The van der Waals surface area contributed by atoms with Gasteiger partial charge in [-0.15, -0.1) is 11.6 Å². The first kappa shape index (κ1) is 14.6. The Labute approximate surface area is 110 Å². The van der Waals surface area contributed by atoms with E-state index < -0.39 is 0 Å². The summed E-state index contributed by atoms with van der Waals surface area (Å²) >= 11 is 5.68. The van der Waals surface area contributed by atoms with E-state index >= 15 is 0 Å².